The third kappa shape index (κ3) is 3.52. The van der Waals surface area contributed by atoms with Crippen molar-refractivity contribution in [1.82, 2.24) is 0 Å². The summed E-state index contributed by atoms with van der Waals surface area (Å²) in [5.41, 5.74) is 1.15. The Kier molecular flexibility index (Phi) is 5.14. The van der Waals surface area contributed by atoms with Crippen LogP contribution in [0.1, 0.15) is 32.6 Å². The molecule has 1 saturated heterocycles. The van der Waals surface area contributed by atoms with Crippen molar-refractivity contribution in [3.05, 3.63) is 36.4 Å². The highest BCUT2D eigenvalue weighted by atomic mass is 32.2. The Bertz CT molecular complexity index is 622. The summed E-state index contributed by atoms with van der Waals surface area (Å²) < 4.78 is 0. The fourth-order valence-corrected chi connectivity index (χ4v) is 4.54. The fraction of sp³-hybridized carbons (Fsp3) is 0.474. The van der Waals surface area contributed by atoms with Gasteiger partial charge in [0.2, 0.25) is 0 Å². The van der Waals surface area contributed by atoms with Crippen LogP contribution in [0.2, 0.25) is 0 Å². The largest absolute Gasteiger partial charge is 0.507 e. The maximum Gasteiger partial charge on any atom is 0.125 e. The van der Waals surface area contributed by atoms with Crippen molar-refractivity contribution in [3.8, 4) is 5.75 Å². The first kappa shape index (κ1) is 15.5. The molecule has 3 heteroatoms. The maximum absolute atomic E-state index is 10.3. The van der Waals surface area contributed by atoms with Crippen LogP contribution in [0.3, 0.4) is 0 Å². The molecule has 2 nitrogen and oxygen atoms in total. The van der Waals surface area contributed by atoms with Crippen molar-refractivity contribution in [2.75, 3.05) is 23.7 Å². The van der Waals surface area contributed by atoms with Crippen LogP contribution >= 0.6 is 11.8 Å². The number of fused-ring (bicyclic) bond motifs is 1. The average molecular weight is 315 g/mol. The molecule has 2 aromatic carbocycles. The van der Waals surface area contributed by atoms with Crippen molar-refractivity contribution >= 4 is 28.2 Å². The summed E-state index contributed by atoms with van der Waals surface area (Å²) in [5.74, 6) is 1.72. The Hall–Kier alpha value is -1.35. The van der Waals surface area contributed by atoms with Crippen molar-refractivity contribution in [2.24, 2.45) is 0 Å². The van der Waals surface area contributed by atoms with Crippen molar-refractivity contribution < 1.29 is 5.11 Å². The van der Waals surface area contributed by atoms with E-state index in [0.717, 1.165) is 41.2 Å². The highest BCUT2D eigenvalue weighted by molar-refractivity contribution is 8.00. The standard InChI is InChI=1S/C19H25NOS/c1-2-10-20(11-9-17-7-5-12-22-17)16-13-15-6-3-4-8-18(15)19(21)14-16/h3-4,6,8,13-14,17,21H,2,5,7,9-12H2,1H3. The summed E-state index contributed by atoms with van der Waals surface area (Å²) in [6, 6.07) is 12.2. The lowest BCUT2D eigenvalue weighted by molar-refractivity contribution is 0.481. The number of rotatable bonds is 6. The molecule has 0 bridgehead atoms. The first-order valence-corrected chi connectivity index (χ1v) is 9.41. The molecular weight excluding hydrogens is 290 g/mol. The molecule has 0 spiro atoms. The number of hydrogen-bond donors (Lipinski definition) is 1. The Morgan fingerprint density at radius 2 is 2.09 bits per heavy atom. The molecule has 1 heterocycles. The first-order chi connectivity index (χ1) is 10.8. The van der Waals surface area contributed by atoms with Gasteiger partial charge in [0.05, 0.1) is 0 Å². The van der Waals surface area contributed by atoms with Gasteiger partial charge >= 0.3 is 0 Å². The van der Waals surface area contributed by atoms with Crippen LogP contribution in [-0.2, 0) is 0 Å². The lowest BCUT2D eigenvalue weighted by Gasteiger charge is -2.26. The second-order valence-electron chi connectivity index (χ2n) is 6.10. The number of phenolic OH excluding ortho intramolecular Hbond substituents is 1. The van der Waals surface area contributed by atoms with E-state index in [9.17, 15) is 5.11 Å². The number of anilines is 1. The SMILES string of the molecule is CCCN(CCC1CCCS1)c1cc(O)c2ccccc2c1. The van der Waals surface area contributed by atoms with Crippen LogP contribution in [0.15, 0.2) is 36.4 Å². The molecule has 1 unspecified atom stereocenters. The highest BCUT2D eigenvalue weighted by Gasteiger charge is 2.17. The molecule has 1 N–H and O–H groups in total. The van der Waals surface area contributed by atoms with Crippen molar-refractivity contribution in [3.63, 3.8) is 0 Å². The molecule has 1 fully saturated rings. The van der Waals surface area contributed by atoms with Crippen LogP contribution in [0.25, 0.3) is 10.8 Å². The molecule has 22 heavy (non-hydrogen) atoms. The minimum Gasteiger partial charge on any atom is -0.507 e. The molecule has 0 aliphatic carbocycles. The van der Waals surface area contributed by atoms with Gasteiger partial charge in [-0.1, -0.05) is 31.2 Å². The molecule has 0 aromatic heterocycles. The van der Waals surface area contributed by atoms with Gasteiger partial charge in [0.1, 0.15) is 5.75 Å². The van der Waals surface area contributed by atoms with E-state index in [1.54, 1.807) is 0 Å². The first-order valence-electron chi connectivity index (χ1n) is 8.36. The van der Waals surface area contributed by atoms with E-state index in [4.69, 9.17) is 0 Å². The summed E-state index contributed by atoms with van der Waals surface area (Å²) >= 11 is 2.13. The van der Waals surface area contributed by atoms with Crippen LogP contribution in [0.5, 0.6) is 5.75 Å². The molecule has 118 valence electrons. The average Bonchev–Trinajstić information content (AvgIpc) is 3.05. The number of benzene rings is 2. The predicted octanol–water partition coefficient (Wildman–Crippen LogP) is 5.05. The van der Waals surface area contributed by atoms with Crippen LogP contribution in [0, 0.1) is 0 Å². The molecule has 1 aliphatic heterocycles. The second-order valence-corrected chi connectivity index (χ2v) is 7.51. The van der Waals surface area contributed by atoms with E-state index in [1.165, 1.54) is 25.0 Å². The molecule has 0 amide bonds. The summed E-state index contributed by atoms with van der Waals surface area (Å²) in [6.45, 7) is 4.36. The van der Waals surface area contributed by atoms with Gasteiger partial charge in [-0.15, -0.1) is 0 Å². The monoisotopic (exact) mass is 315 g/mol. The number of aromatic hydroxyl groups is 1. The zero-order chi connectivity index (χ0) is 15.4. The minimum atomic E-state index is 0.393. The molecule has 0 saturated carbocycles. The van der Waals surface area contributed by atoms with E-state index in [1.807, 2.05) is 24.3 Å². The van der Waals surface area contributed by atoms with Crippen LogP contribution in [0.4, 0.5) is 5.69 Å². The summed E-state index contributed by atoms with van der Waals surface area (Å²) in [7, 11) is 0. The minimum absolute atomic E-state index is 0.393. The topological polar surface area (TPSA) is 23.5 Å². The van der Waals surface area contributed by atoms with Gasteiger partial charge in [0.25, 0.3) is 0 Å². The quantitative estimate of drug-likeness (QED) is 0.807. The number of phenols is 1. The summed E-state index contributed by atoms with van der Waals surface area (Å²) in [4.78, 5) is 2.44. The van der Waals surface area contributed by atoms with Crippen molar-refractivity contribution in [1.29, 1.82) is 0 Å². The third-order valence-corrected chi connectivity index (χ3v) is 5.90. The highest BCUT2D eigenvalue weighted by Crippen LogP contribution is 2.33. The van der Waals surface area contributed by atoms with Crippen LogP contribution < -0.4 is 4.90 Å². The molecule has 3 rings (SSSR count). The van der Waals surface area contributed by atoms with E-state index >= 15 is 0 Å². The van der Waals surface area contributed by atoms with Gasteiger partial charge in [-0.3, -0.25) is 0 Å². The third-order valence-electron chi connectivity index (χ3n) is 4.43. The smallest absolute Gasteiger partial charge is 0.125 e. The lowest BCUT2D eigenvalue weighted by Crippen LogP contribution is -2.27. The Morgan fingerprint density at radius 1 is 1.23 bits per heavy atom. The number of nitrogens with zero attached hydrogens (tertiary/aromatic N) is 1. The summed E-state index contributed by atoms with van der Waals surface area (Å²) in [6.07, 6.45) is 5.12. The van der Waals surface area contributed by atoms with Gasteiger partial charge in [0, 0.05) is 35.5 Å². The zero-order valence-corrected chi connectivity index (χ0v) is 14.1. The fourth-order valence-electron chi connectivity index (χ4n) is 3.27. The number of hydrogen-bond acceptors (Lipinski definition) is 3. The van der Waals surface area contributed by atoms with Gasteiger partial charge in [-0.05, 0) is 42.9 Å². The molecule has 2 aromatic rings. The van der Waals surface area contributed by atoms with E-state index in [0.29, 0.717) is 5.75 Å². The zero-order valence-electron chi connectivity index (χ0n) is 13.3. The summed E-state index contributed by atoms with van der Waals surface area (Å²) in [5, 5.41) is 13.2. The maximum atomic E-state index is 10.3. The lowest BCUT2D eigenvalue weighted by atomic mass is 10.1. The Balaban J connectivity index is 1.80. The predicted molar refractivity (Wildman–Crippen MR) is 98.2 cm³/mol. The van der Waals surface area contributed by atoms with Gasteiger partial charge in [0.15, 0.2) is 0 Å². The Morgan fingerprint density at radius 3 is 2.86 bits per heavy atom. The second kappa shape index (κ2) is 7.28. The van der Waals surface area contributed by atoms with Gasteiger partial charge < -0.3 is 10.0 Å². The molecule has 0 radical (unpaired) electrons. The van der Waals surface area contributed by atoms with Crippen LogP contribution in [-0.4, -0.2) is 29.2 Å². The van der Waals surface area contributed by atoms with Gasteiger partial charge in [-0.25, -0.2) is 0 Å². The van der Waals surface area contributed by atoms with Crippen molar-refractivity contribution in [2.45, 2.75) is 37.9 Å². The number of thioether (sulfide) groups is 1. The molecule has 1 atom stereocenters. The Labute approximate surface area is 137 Å². The van der Waals surface area contributed by atoms with E-state index in [2.05, 4.69) is 35.7 Å². The molecular formula is C19H25NOS. The van der Waals surface area contributed by atoms with E-state index < -0.39 is 0 Å². The van der Waals surface area contributed by atoms with Gasteiger partial charge in [-0.2, -0.15) is 11.8 Å². The normalized spacial score (nSPS) is 18.0. The van der Waals surface area contributed by atoms with E-state index in [-0.39, 0.29) is 0 Å². The molecule has 1 aliphatic rings.